The van der Waals surface area contributed by atoms with E-state index in [-0.39, 0.29) is 30.2 Å². The molecule has 0 aromatic carbocycles. The number of aldehydes is 1. The fraction of sp³-hybridized carbons (Fsp3) is 0.727. The lowest BCUT2D eigenvalue weighted by Gasteiger charge is -2.30. The van der Waals surface area contributed by atoms with Crippen LogP contribution in [0.2, 0.25) is 0 Å². The van der Waals surface area contributed by atoms with Gasteiger partial charge in [-0.1, -0.05) is 0 Å². The van der Waals surface area contributed by atoms with Gasteiger partial charge in [0.1, 0.15) is 18.4 Å². The van der Waals surface area contributed by atoms with Crippen LogP contribution in [0.25, 0.3) is 0 Å². The van der Waals surface area contributed by atoms with Crippen molar-refractivity contribution in [1.29, 1.82) is 0 Å². The van der Waals surface area contributed by atoms with Gasteiger partial charge in [-0.2, -0.15) is 0 Å². The molecule has 3 amide bonds. The van der Waals surface area contributed by atoms with Crippen LogP contribution in [0.1, 0.15) is 51.4 Å². The van der Waals surface area contributed by atoms with Gasteiger partial charge < -0.3 is 48.6 Å². The summed E-state index contributed by atoms with van der Waals surface area (Å²) in [4.78, 5) is 61.6. The predicted octanol–water partition coefficient (Wildman–Crippen LogP) is -2.91. The number of hydrogen-bond acceptors (Lipinski definition) is 7. The van der Waals surface area contributed by atoms with E-state index in [0.717, 1.165) is 12.7 Å². The Morgan fingerprint density at radius 3 is 2.08 bits per heavy atom. The minimum atomic E-state index is -0.863. The minimum absolute atomic E-state index is 0.0260. The summed E-state index contributed by atoms with van der Waals surface area (Å²) in [5, 5.41) is 2.82. The monoisotopic (exact) mass is 508 g/mol. The average molecular weight is 509 g/mol. The Morgan fingerprint density at radius 2 is 1.47 bits per heavy atom. The number of rotatable bonds is 13. The first-order chi connectivity index (χ1) is 17.1. The van der Waals surface area contributed by atoms with Crippen molar-refractivity contribution < 1.29 is 19.2 Å². The Bertz CT molecular complexity index is 841. The van der Waals surface area contributed by atoms with E-state index in [1.54, 1.807) is 0 Å². The van der Waals surface area contributed by atoms with Crippen LogP contribution in [0.5, 0.6) is 0 Å². The summed E-state index contributed by atoms with van der Waals surface area (Å²) >= 11 is 0. The summed E-state index contributed by atoms with van der Waals surface area (Å²) in [7, 11) is 0. The third-order valence-electron chi connectivity index (χ3n) is 6.42. The van der Waals surface area contributed by atoms with Crippen molar-refractivity contribution in [2.45, 2.75) is 75.5 Å². The third kappa shape index (κ3) is 8.36. The lowest BCUT2D eigenvalue weighted by Crippen LogP contribution is -2.56. The van der Waals surface area contributed by atoms with Crippen molar-refractivity contribution in [2.24, 2.45) is 38.7 Å². The van der Waals surface area contributed by atoms with Crippen molar-refractivity contribution in [3.05, 3.63) is 0 Å². The van der Waals surface area contributed by atoms with E-state index in [4.69, 9.17) is 28.7 Å². The Kier molecular flexibility index (Phi) is 11.4. The molecule has 2 heterocycles. The molecule has 14 nitrogen and oxygen atoms in total. The van der Waals surface area contributed by atoms with Crippen molar-refractivity contribution in [3.63, 3.8) is 0 Å². The maximum absolute atomic E-state index is 13.2. The van der Waals surface area contributed by atoms with Gasteiger partial charge in [0.05, 0.1) is 12.1 Å². The highest BCUT2D eigenvalue weighted by Crippen LogP contribution is 2.21. The topological polar surface area (TPSA) is 242 Å². The number of guanidine groups is 2. The maximum Gasteiger partial charge on any atom is 0.245 e. The molecule has 0 radical (unpaired) electrons. The van der Waals surface area contributed by atoms with Crippen LogP contribution in [0, 0.1) is 0 Å². The van der Waals surface area contributed by atoms with Gasteiger partial charge in [0.25, 0.3) is 0 Å². The van der Waals surface area contributed by atoms with Gasteiger partial charge in [0, 0.05) is 26.2 Å². The second-order valence-corrected chi connectivity index (χ2v) is 9.13. The molecule has 11 N–H and O–H groups in total. The van der Waals surface area contributed by atoms with Crippen molar-refractivity contribution in [2.75, 3.05) is 26.2 Å². The van der Waals surface area contributed by atoms with Crippen molar-refractivity contribution in [3.8, 4) is 0 Å². The molecule has 36 heavy (non-hydrogen) atoms. The molecule has 0 aromatic rings. The number of hydrogen-bond donors (Lipinski definition) is 6. The van der Waals surface area contributed by atoms with E-state index in [1.165, 1.54) is 9.80 Å². The van der Waals surface area contributed by atoms with E-state index in [2.05, 4.69) is 15.3 Å². The quantitative estimate of drug-likeness (QED) is 0.0645. The summed E-state index contributed by atoms with van der Waals surface area (Å²) < 4.78 is 0. The molecule has 2 rings (SSSR count). The average Bonchev–Trinajstić information content (AvgIpc) is 3.52. The van der Waals surface area contributed by atoms with Gasteiger partial charge in [0.15, 0.2) is 11.9 Å². The first kappa shape index (κ1) is 28.8. The molecule has 0 aliphatic carbocycles. The summed E-state index contributed by atoms with van der Waals surface area (Å²) in [5.41, 5.74) is 27.4. The zero-order valence-electron chi connectivity index (χ0n) is 20.7. The zero-order valence-corrected chi connectivity index (χ0v) is 20.7. The predicted molar refractivity (Wildman–Crippen MR) is 135 cm³/mol. The van der Waals surface area contributed by atoms with Gasteiger partial charge in [-0.25, -0.2) is 0 Å². The molecular formula is C22H40N10O4. The van der Waals surface area contributed by atoms with Crippen LogP contribution in [0.15, 0.2) is 9.98 Å². The normalized spacial score (nSPS) is 20.9. The standard InChI is InChI=1S/C22H40N10O4/c23-15(6-1-9-28-21(24)25)19(35)32-12-4-8-17(32)18(34)30-16(7-2-10-29-22(26)27)20(36)31-11-3-5-14(31)13-33/h13-17H,1-12,23H2,(H,30,34)(H4,24,25,28)(H4,26,27,29)/t14-,15-,16-,17-/m0/s1. The van der Waals surface area contributed by atoms with Crippen LogP contribution in [0.4, 0.5) is 0 Å². The molecule has 0 unspecified atom stereocenters. The van der Waals surface area contributed by atoms with Crippen molar-refractivity contribution in [1.82, 2.24) is 15.1 Å². The van der Waals surface area contributed by atoms with Crippen LogP contribution < -0.4 is 34.0 Å². The smallest absolute Gasteiger partial charge is 0.245 e. The number of amides is 3. The second kappa shape index (κ2) is 14.2. The summed E-state index contributed by atoms with van der Waals surface area (Å²) in [6, 6.07) is -2.88. The molecule has 0 aromatic heterocycles. The Labute approximate surface area is 211 Å². The molecule has 2 aliphatic rings. The fourth-order valence-corrected chi connectivity index (χ4v) is 4.60. The molecular weight excluding hydrogens is 468 g/mol. The summed E-state index contributed by atoms with van der Waals surface area (Å²) in [6.45, 7) is 1.50. The number of nitrogens with one attached hydrogen (secondary N) is 1. The van der Waals surface area contributed by atoms with Crippen LogP contribution in [-0.4, -0.2) is 96.1 Å². The third-order valence-corrected chi connectivity index (χ3v) is 6.42. The molecule has 0 spiro atoms. The molecule has 0 saturated carbocycles. The van der Waals surface area contributed by atoms with E-state index in [9.17, 15) is 19.2 Å². The maximum atomic E-state index is 13.2. The molecule has 202 valence electrons. The fourth-order valence-electron chi connectivity index (χ4n) is 4.60. The number of likely N-dealkylation sites (tertiary alicyclic amines) is 2. The lowest BCUT2D eigenvalue weighted by molar-refractivity contribution is -0.142. The lowest BCUT2D eigenvalue weighted by atomic mass is 10.1. The van der Waals surface area contributed by atoms with Crippen LogP contribution in [0.3, 0.4) is 0 Å². The van der Waals surface area contributed by atoms with Crippen molar-refractivity contribution >= 4 is 35.9 Å². The molecule has 14 heteroatoms. The Hall–Kier alpha value is -3.42. The van der Waals surface area contributed by atoms with Gasteiger partial charge in [-0.05, 0) is 51.4 Å². The molecule has 2 fully saturated rings. The van der Waals surface area contributed by atoms with E-state index in [1.807, 2.05) is 0 Å². The first-order valence-electron chi connectivity index (χ1n) is 12.4. The first-order valence-corrected chi connectivity index (χ1v) is 12.4. The number of carbonyl (C=O) groups excluding carboxylic acids is 4. The van der Waals surface area contributed by atoms with Gasteiger partial charge in [-0.15, -0.1) is 0 Å². The number of nitrogens with zero attached hydrogens (tertiary/aromatic N) is 4. The summed E-state index contributed by atoms with van der Waals surface area (Å²) in [5.74, 6) is -1.15. The SMILES string of the molecule is NC(N)=NCCC[C@H](NC(=O)[C@@H]1CCCN1C(=O)[C@@H](N)CCCN=C(N)N)C(=O)N1CCC[C@H]1C=O. The van der Waals surface area contributed by atoms with Gasteiger partial charge >= 0.3 is 0 Å². The van der Waals surface area contributed by atoms with E-state index < -0.39 is 30.1 Å². The highest BCUT2D eigenvalue weighted by atomic mass is 16.2. The number of aliphatic imine (C=N–C) groups is 2. The van der Waals surface area contributed by atoms with Gasteiger partial charge in [-0.3, -0.25) is 24.4 Å². The largest absolute Gasteiger partial charge is 0.370 e. The van der Waals surface area contributed by atoms with Crippen LogP contribution >= 0.6 is 0 Å². The second-order valence-electron chi connectivity index (χ2n) is 9.13. The molecule has 4 atom stereocenters. The van der Waals surface area contributed by atoms with Gasteiger partial charge in [0.2, 0.25) is 17.7 Å². The van der Waals surface area contributed by atoms with E-state index in [0.29, 0.717) is 64.7 Å². The van der Waals surface area contributed by atoms with Crippen LogP contribution in [-0.2, 0) is 19.2 Å². The Balaban J connectivity index is 2.04. The minimum Gasteiger partial charge on any atom is -0.370 e. The van der Waals surface area contributed by atoms with E-state index >= 15 is 0 Å². The summed E-state index contributed by atoms with van der Waals surface area (Å²) in [6.07, 6.45) is 4.81. The highest BCUT2D eigenvalue weighted by Gasteiger charge is 2.39. The number of carbonyl (C=O) groups is 4. The Morgan fingerprint density at radius 1 is 0.889 bits per heavy atom. The molecule has 2 aliphatic heterocycles. The zero-order chi connectivity index (χ0) is 26.7. The molecule has 0 bridgehead atoms. The molecule has 2 saturated heterocycles. The number of nitrogens with two attached hydrogens (primary N) is 5. The highest BCUT2D eigenvalue weighted by molar-refractivity contribution is 5.94.